The van der Waals surface area contributed by atoms with Crippen molar-refractivity contribution in [3.63, 3.8) is 0 Å². The van der Waals surface area contributed by atoms with Crippen molar-refractivity contribution in [1.29, 1.82) is 0 Å². The molecule has 0 fully saturated rings. The zero-order chi connectivity index (χ0) is 19.8. The van der Waals surface area contributed by atoms with Crippen molar-refractivity contribution in [3.05, 3.63) is 113 Å². The van der Waals surface area contributed by atoms with Crippen LogP contribution < -0.4 is 5.32 Å². The summed E-state index contributed by atoms with van der Waals surface area (Å²) in [4.78, 5) is 14.2. The average molecular weight is 534 g/mol. The summed E-state index contributed by atoms with van der Waals surface area (Å²) in [5, 5.41) is 3.08. The number of nitrogens with one attached hydrogen (secondary N) is 1. The largest absolute Gasteiger partial charge is 4.00 e. The van der Waals surface area contributed by atoms with Crippen LogP contribution in [0, 0.1) is 0 Å². The smallest absolute Gasteiger partial charge is 0.373 e. The molecule has 0 saturated heterocycles. The van der Waals surface area contributed by atoms with Crippen LogP contribution in [-0.4, -0.2) is 9.97 Å². The first-order valence-corrected chi connectivity index (χ1v) is 5.64. The minimum atomic E-state index is 0. The molecule has 0 aromatic carbocycles. The Morgan fingerprint density at radius 3 is 1.04 bits per heavy atom. The zero-order valence-corrected chi connectivity index (χ0v) is 15.0. The van der Waals surface area contributed by atoms with E-state index in [1.165, 1.54) is 19.6 Å². The zero-order valence-electron chi connectivity index (χ0n) is 12.7. The van der Waals surface area contributed by atoms with Gasteiger partial charge in [-0.3, -0.25) is 19.6 Å². The topological polar surface area (TPSA) is 273 Å². The summed E-state index contributed by atoms with van der Waals surface area (Å²) in [6.07, 6.45) is 3.48. The van der Waals surface area contributed by atoms with E-state index in [0.29, 0.717) is 0 Å². The van der Waals surface area contributed by atoms with Crippen molar-refractivity contribution >= 4 is 11.6 Å². The molecule has 16 heteroatoms. The van der Waals surface area contributed by atoms with Gasteiger partial charge in [-0.25, -0.2) is 9.97 Å². The summed E-state index contributed by atoms with van der Waals surface area (Å²) in [5.41, 5.74) is 54.0. The molecule has 0 unspecified atom stereocenters. The standard InChI is InChI=1S/C10H9N3.4N3.Pt/c1-3-7-11-9(5-1)13-10-6-2-4-8-12-10;4*1-3-2;/h1-8H,(H,11,12,13);;;;;/q;4*-1;+4. The van der Waals surface area contributed by atoms with Crippen molar-refractivity contribution in [2.75, 3.05) is 5.32 Å². The number of rotatable bonds is 2. The monoisotopic (exact) mass is 534 g/mol. The van der Waals surface area contributed by atoms with Crippen molar-refractivity contribution in [3.8, 4) is 0 Å². The van der Waals surface area contributed by atoms with E-state index in [0.717, 1.165) is 11.6 Å². The number of hydrogen-bond acceptors (Lipinski definition) is 3. The molecule has 0 spiro atoms. The molecule has 2 heterocycles. The summed E-state index contributed by atoms with van der Waals surface area (Å²) in [6.45, 7) is 0. The van der Waals surface area contributed by atoms with E-state index in [2.05, 4.69) is 15.3 Å². The second-order valence-electron chi connectivity index (χ2n) is 2.91. The second kappa shape index (κ2) is 29.1. The Morgan fingerprint density at radius 2 is 0.846 bits per heavy atom. The minimum absolute atomic E-state index is 0. The van der Waals surface area contributed by atoms with Gasteiger partial charge in [0.15, 0.2) is 0 Å². The molecule has 2 rings (SSSR count). The van der Waals surface area contributed by atoms with Crippen LogP contribution in [-0.2, 0) is 21.1 Å². The molecule has 15 nitrogen and oxygen atoms in total. The molecular formula is C10H9N15Pt. The third-order valence-corrected chi connectivity index (χ3v) is 1.59. The van der Waals surface area contributed by atoms with Gasteiger partial charge in [0.2, 0.25) is 0 Å². The first-order chi connectivity index (χ1) is 12.1. The van der Waals surface area contributed by atoms with Gasteiger partial charge in [0.25, 0.3) is 0 Å². The number of hydrogen-bond donors (Lipinski definition) is 1. The summed E-state index contributed by atoms with van der Waals surface area (Å²) >= 11 is 0. The van der Waals surface area contributed by atoms with Gasteiger partial charge >= 0.3 is 21.1 Å². The Bertz CT molecular complexity index is 593. The van der Waals surface area contributed by atoms with Crippen LogP contribution in [0.4, 0.5) is 11.6 Å². The molecule has 0 aliphatic heterocycles. The number of pyridine rings is 2. The van der Waals surface area contributed by atoms with Gasteiger partial charge < -0.3 is 49.6 Å². The molecule has 0 saturated carbocycles. The van der Waals surface area contributed by atoms with Gasteiger partial charge in [-0.05, 0) is 24.3 Å². The van der Waals surface area contributed by atoms with Gasteiger partial charge in [-0.15, -0.1) is 0 Å². The SMILES string of the molecule is [N-]=[N+]=[N-].[N-]=[N+]=[N-].[N-]=[N+]=[N-].[N-]=[N+]=[N-].[Pt+4].c1ccc(Nc2ccccn2)nc1. The molecule has 26 heavy (non-hydrogen) atoms. The number of nitrogens with zero attached hydrogens (tertiary/aromatic N) is 14. The van der Waals surface area contributed by atoms with Crippen LogP contribution in [0.25, 0.3) is 63.9 Å². The third-order valence-electron chi connectivity index (χ3n) is 1.59. The molecule has 0 amide bonds. The molecule has 0 atom stereocenters. The van der Waals surface area contributed by atoms with Crippen molar-refractivity contribution < 1.29 is 21.1 Å². The summed E-state index contributed by atoms with van der Waals surface area (Å²) in [7, 11) is 0. The van der Waals surface area contributed by atoms with Crippen molar-refractivity contribution in [2.24, 2.45) is 0 Å². The molecule has 0 aliphatic rings. The van der Waals surface area contributed by atoms with Crippen LogP contribution in [0.1, 0.15) is 0 Å². The van der Waals surface area contributed by atoms with E-state index in [1.54, 1.807) is 12.4 Å². The molecule has 0 aliphatic carbocycles. The molecule has 2 aromatic heterocycles. The van der Waals surface area contributed by atoms with Crippen LogP contribution in [0.3, 0.4) is 0 Å². The van der Waals surface area contributed by atoms with E-state index in [4.69, 9.17) is 44.2 Å². The van der Waals surface area contributed by atoms with Crippen molar-refractivity contribution in [1.82, 2.24) is 9.97 Å². The van der Waals surface area contributed by atoms with Crippen LogP contribution in [0.5, 0.6) is 0 Å². The van der Waals surface area contributed by atoms with E-state index in [-0.39, 0.29) is 21.1 Å². The average Bonchev–Trinajstić information content (AvgIpc) is 2.60. The predicted octanol–water partition coefficient (Wildman–Crippen LogP) is 5.68. The first kappa shape index (κ1) is 30.0. The maximum Gasteiger partial charge on any atom is 4.00 e. The van der Waals surface area contributed by atoms with Gasteiger partial charge in [-0.2, -0.15) is 0 Å². The summed E-state index contributed by atoms with van der Waals surface area (Å²) in [6, 6.07) is 11.4. The van der Waals surface area contributed by atoms with Crippen LogP contribution in [0.2, 0.25) is 0 Å². The molecule has 0 bridgehead atoms. The fourth-order valence-electron chi connectivity index (χ4n) is 1.00. The Balaban J connectivity index is -0.000000157. The molecule has 134 valence electrons. The van der Waals surface area contributed by atoms with E-state index < -0.39 is 0 Å². The normalized spacial score (nSPS) is 6.00. The van der Waals surface area contributed by atoms with Crippen LogP contribution >= 0.6 is 0 Å². The summed E-state index contributed by atoms with van der Waals surface area (Å²) < 4.78 is 0. The van der Waals surface area contributed by atoms with Crippen LogP contribution in [0.15, 0.2) is 48.8 Å². The quantitative estimate of drug-likeness (QED) is 0.289. The number of aromatic nitrogens is 2. The van der Waals surface area contributed by atoms with E-state index in [1.807, 2.05) is 36.4 Å². The Labute approximate surface area is 161 Å². The van der Waals surface area contributed by atoms with Gasteiger partial charge in [0.1, 0.15) is 11.6 Å². The molecule has 0 radical (unpaired) electrons. The fourth-order valence-corrected chi connectivity index (χ4v) is 1.00. The molecular weight excluding hydrogens is 525 g/mol. The maximum absolute atomic E-state index is 6.75. The third kappa shape index (κ3) is 28.2. The molecule has 2 aromatic rings. The first-order valence-electron chi connectivity index (χ1n) is 5.64. The Hall–Kier alpha value is -3.97. The number of anilines is 2. The minimum Gasteiger partial charge on any atom is -0.373 e. The predicted molar refractivity (Wildman–Crippen MR) is 92.1 cm³/mol. The Kier molecular flexibility index (Phi) is 33.5. The van der Waals surface area contributed by atoms with Gasteiger partial charge in [-0.1, -0.05) is 12.1 Å². The van der Waals surface area contributed by atoms with Gasteiger partial charge in [0.05, 0.1) is 0 Å². The van der Waals surface area contributed by atoms with E-state index in [9.17, 15) is 0 Å². The second-order valence-corrected chi connectivity index (χ2v) is 2.91. The summed E-state index contributed by atoms with van der Waals surface area (Å²) in [5.74, 6) is 1.61. The Morgan fingerprint density at radius 1 is 0.577 bits per heavy atom. The van der Waals surface area contributed by atoms with Gasteiger partial charge in [0, 0.05) is 12.4 Å². The molecule has 1 N–H and O–H groups in total. The van der Waals surface area contributed by atoms with E-state index >= 15 is 0 Å². The van der Waals surface area contributed by atoms with Crippen molar-refractivity contribution in [2.45, 2.75) is 0 Å². The maximum atomic E-state index is 6.75. The fraction of sp³-hybridized carbons (Fsp3) is 0.